The van der Waals surface area contributed by atoms with Gasteiger partial charge in [-0.2, -0.15) is 0 Å². The molecule has 1 N–H and O–H groups in total. The largest absolute Gasteiger partial charge is 0.497 e. The van der Waals surface area contributed by atoms with Crippen LogP contribution in [0.4, 0.5) is 5.69 Å². The molecule has 1 aliphatic rings. The molecule has 1 atom stereocenters. The fourth-order valence-corrected chi connectivity index (χ4v) is 6.58. The first kappa shape index (κ1) is 33.1. The molecular weight excluding hydrogens is 602 g/mol. The monoisotopic (exact) mass is 641 g/mol. The fourth-order valence-electron chi connectivity index (χ4n) is 5.49. The second-order valence-electron chi connectivity index (χ2n) is 11.0. The number of carbonyl (C=O) groups is 2. The van der Waals surface area contributed by atoms with Gasteiger partial charge in [0.2, 0.25) is 21.8 Å². The summed E-state index contributed by atoms with van der Waals surface area (Å²) in [6.07, 6.45) is 6.26. The van der Waals surface area contributed by atoms with E-state index >= 15 is 0 Å². The van der Waals surface area contributed by atoms with Gasteiger partial charge in [0, 0.05) is 19.0 Å². The zero-order valence-electron chi connectivity index (χ0n) is 25.4. The van der Waals surface area contributed by atoms with Crippen LogP contribution in [0.5, 0.6) is 11.5 Å². The molecule has 0 heterocycles. The van der Waals surface area contributed by atoms with Crippen LogP contribution in [0.3, 0.4) is 0 Å². The number of hydrogen-bond acceptors (Lipinski definition) is 6. The first-order valence-electron chi connectivity index (χ1n) is 14.7. The smallest absolute Gasteiger partial charge is 0.244 e. The Morgan fingerprint density at radius 3 is 2.27 bits per heavy atom. The van der Waals surface area contributed by atoms with Crippen molar-refractivity contribution in [3.05, 3.63) is 88.9 Å². The van der Waals surface area contributed by atoms with Crippen molar-refractivity contribution < 1.29 is 27.5 Å². The Kier molecular flexibility index (Phi) is 11.5. The molecule has 44 heavy (non-hydrogen) atoms. The minimum absolute atomic E-state index is 0.0252. The maximum atomic E-state index is 14.3. The van der Waals surface area contributed by atoms with Crippen LogP contribution in [0.15, 0.2) is 72.8 Å². The van der Waals surface area contributed by atoms with Crippen molar-refractivity contribution in [1.82, 2.24) is 10.2 Å². The van der Waals surface area contributed by atoms with Crippen molar-refractivity contribution in [2.24, 2.45) is 0 Å². The number of rotatable bonds is 13. The minimum atomic E-state index is -3.93. The Balaban J connectivity index is 1.74. The Morgan fingerprint density at radius 2 is 1.64 bits per heavy atom. The lowest BCUT2D eigenvalue weighted by Gasteiger charge is -2.35. The van der Waals surface area contributed by atoms with E-state index < -0.39 is 28.5 Å². The molecule has 0 radical (unpaired) electrons. The molecule has 236 valence electrons. The van der Waals surface area contributed by atoms with E-state index in [4.69, 9.17) is 21.1 Å². The molecule has 1 aliphatic carbocycles. The summed E-state index contributed by atoms with van der Waals surface area (Å²) in [5, 5.41) is 3.40. The first-order valence-corrected chi connectivity index (χ1v) is 16.9. The summed E-state index contributed by atoms with van der Waals surface area (Å²) < 4.78 is 37.7. The van der Waals surface area contributed by atoms with Gasteiger partial charge in [-0.25, -0.2) is 8.42 Å². The van der Waals surface area contributed by atoms with Crippen LogP contribution in [0.25, 0.3) is 0 Å². The van der Waals surface area contributed by atoms with Crippen LogP contribution >= 0.6 is 11.6 Å². The lowest BCUT2D eigenvalue weighted by Crippen LogP contribution is -2.55. The summed E-state index contributed by atoms with van der Waals surface area (Å²) >= 11 is 6.33. The summed E-state index contributed by atoms with van der Waals surface area (Å²) in [5.41, 5.74) is 1.82. The lowest BCUT2D eigenvalue weighted by atomic mass is 9.94. The van der Waals surface area contributed by atoms with E-state index in [2.05, 4.69) is 5.32 Å². The van der Waals surface area contributed by atoms with E-state index in [1.54, 1.807) is 25.3 Å². The fraction of sp³-hybridized carbons (Fsp3) is 0.394. The van der Waals surface area contributed by atoms with Crippen molar-refractivity contribution in [3.63, 3.8) is 0 Å². The molecule has 1 unspecified atom stereocenters. The number of nitrogens with one attached hydrogen (secondary N) is 1. The number of nitrogens with zero attached hydrogens (tertiary/aromatic N) is 2. The average Bonchev–Trinajstić information content (AvgIpc) is 3.02. The molecule has 1 fully saturated rings. The van der Waals surface area contributed by atoms with Crippen molar-refractivity contribution in [1.29, 1.82) is 0 Å². The third-order valence-electron chi connectivity index (χ3n) is 7.81. The van der Waals surface area contributed by atoms with Gasteiger partial charge in [-0.3, -0.25) is 13.9 Å². The molecule has 0 spiro atoms. The summed E-state index contributed by atoms with van der Waals surface area (Å²) in [7, 11) is -0.912. The van der Waals surface area contributed by atoms with Gasteiger partial charge < -0.3 is 19.7 Å². The van der Waals surface area contributed by atoms with E-state index in [9.17, 15) is 18.0 Å². The number of ether oxygens (including phenoxy) is 2. The normalized spacial score (nSPS) is 14.4. The number of carbonyl (C=O) groups excluding carboxylic acids is 2. The molecule has 0 bridgehead atoms. The van der Waals surface area contributed by atoms with Gasteiger partial charge in [0.05, 0.1) is 31.2 Å². The molecule has 3 aromatic carbocycles. The zero-order chi connectivity index (χ0) is 31.7. The van der Waals surface area contributed by atoms with Gasteiger partial charge >= 0.3 is 0 Å². The average molecular weight is 642 g/mol. The van der Waals surface area contributed by atoms with Crippen LogP contribution in [-0.4, -0.2) is 64.2 Å². The Hall–Kier alpha value is -3.76. The molecule has 11 heteroatoms. The van der Waals surface area contributed by atoms with Crippen molar-refractivity contribution in [2.75, 3.05) is 31.3 Å². The van der Waals surface area contributed by atoms with Crippen molar-refractivity contribution in [2.45, 2.75) is 57.2 Å². The molecule has 1 saturated carbocycles. The van der Waals surface area contributed by atoms with Gasteiger partial charge in [0.1, 0.15) is 24.1 Å². The second kappa shape index (κ2) is 15.3. The number of halogens is 1. The highest BCUT2D eigenvalue weighted by atomic mass is 35.5. The van der Waals surface area contributed by atoms with Crippen molar-refractivity contribution in [3.8, 4) is 11.5 Å². The highest BCUT2D eigenvalue weighted by molar-refractivity contribution is 7.92. The van der Waals surface area contributed by atoms with Crippen LogP contribution < -0.4 is 19.1 Å². The van der Waals surface area contributed by atoms with E-state index in [1.807, 2.05) is 42.5 Å². The van der Waals surface area contributed by atoms with Crippen molar-refractivity contribution >= 4 is 39.1 Å². The summed E-state index contributed by atoms with van der Waals surface area (Å²) in [4.78, 5) is 29.8. The number of hydrogen-bond donors (Lipinski definition) is 1. The van der Waals surface area contributed by atoms with E-state index in [0.29, 0.717) is 11.5 Å². The Labute approximate surface area is 265 Å². The number of methoxy groups -OCH3 is 2. The lowest BCUT2D eigenvalue weighted by molar-refractivity contribution is -0.140. The number of anilines is 1. The predicted octanol–water partition coefficient (Wildman–Crippen LogP) is 5.21. The molecular formula is C33H40ClN3O6S. The van der Waals surface area contributed by atoms with Gasteiger partial charge in [0.25, 0.3) is 0 Å². The number of sulfonamides is 1. The van der Waals surface area contributed by atoms with Gasteiger partial charge in [-0.05, 0) is 54.3 Å². The zero-order valence-corrected chi connectivity index (χ0v) is 26.9. The highest BCUT2D eigenvalue weighted by Gasteiger charge is 2.34. The van der Waals surface area contributed by atoms with Crippen LogP contribution in [0.1, 0.15) is 43.2 Å². The summed E-state index contributed by atoms with van der Waals surface area (Å²) in [6.45, 7) is -0.472. The summed E-state index contributed by atoms with van der Waals surface area (Å²) in [5.74, 6) is 0.171. The van der Waals surface area contributed by atoms with Crippen LogP contribution in [-0.2, 0) is 32.6 Å². The summed E-state index contributed by atoms with van der Waals surface area (Å²) in [6, 6.07) is 20.4. The molecule has 9 nitrogen and oxygen atoms in total. The third kappa shape index (κ3) is 8.89. The van der Waals surface area contributed by atoms with Crippen LogP contribution in [0.2, 0.25) is 5.02 Å². The maximum Gasteiger partial charge on any atom is 0.244 e. The first-order chi connectivity index (χ1) is 21.1. The van der Waals surface area contributed by atoms with E-state index in [0.717, 1.165) is 53.8 Å². The second-order valence-corrected chi connectivity index (χ2v) is 13.3. The Bertz CT molecular complexity index is 1530. The minimum Gasteiger partial charge on any atom is -0.497 e. The highest BCUT2D eigenvalue weighted by Crippen LogP contribution is 2.30. The Morgan fingerprint density at radius 1 is 0.932 bits per heavy atom. The topological polar surface area (TPSA) is 105 Å². The van der Waals surface area contributed by atoms with Gasteiger partial charge in [-0.15, -0.1) is 0 Å². The quantitative estimate of drug-likeness (QED) is 0.275. The molecule has 3 aromatic rings. The number of amides is 2. The van der Waals surface area contributed by atoms with E-state index in [-0.39, 0.29) is 35.6 Å². The van der Waals surface area contributed by atoms with Gasteiger partial charge in [-0.1, -0.05) is 73.3 Å². The molecule has 0 saturated heterocycles. The molecule has 4 rings (SSSR count). The molecule has 2 amide bonds. The molecule has 0 aliphatic heterocycles. The van der Waals surface area contributed by atoms with Crippen LogP contribution in [0, 0.1) is 0 Å². The SMILES string of the molecule is COc1cccc(CN(C(=O)CN(c2ccc(OC)c(Cl)c2)S(C)(=O)=O)C(Cc2ccccc2)C(=O)NC2CCCCC2)c1. The van der Waals surface area contributed by atoms with Gasteiger partial charge in [0.15, 0.2) is 0 Å². The maximum absolute atomic E-state index is 14.3. The van der Waals surface area contributed by atoms with E-state index in [1.165, 1.54) is 24.1 Å². The standard InChI is InChI=1S/C33H40ClN3O6S/c1-42-28-16-10-13-25(19-28)22-36(32(38)23-37(44(3,40)41)27-17-18-31(43-2)29(34)21-27)30(20-24-11-6-4-7-12-24)33(39)35-26-14-8-5-9-15-26/h4,6-7,10-13,16-19,21,26,30H,5,8-9,14-15,20,22-23H2,1-3H3,(H,35,39). The predicted molar refractivity (Wildman–Crippen MR) is 173 cm³/mol. The number of benzene rings is 3. The molecule has 0 aromatic heterocycles. The third-order valence-corrected chi connectivity index (χ3v) is 9.25.